The van der Waals surface area contributed by atoms with E-state index in [1.807, 2.05) is 0 Å². The maximum atomic E-state index is 2.65. The van der Waals surface area contributed by atoms with Crippen molar-refractivity contribution in [2.45, 2.75) is 91.4 Å². The largest absolute Gasteiger partial charge is 1.00 e. The summed E-state index contributed by atoms with van der Waals surface area (Å²) in [5, 5.41) is 0. The van der Waals surface area contributed by atoms with E-state index in [1.54, 1.807) is 15.3 Å². The average molecular weight is 727 g/mol. The van der Waals surface area contributed by atoms with Crippen molar-refractivity contribution in [3.8, 4) is 11.1 Å². The number of fused-ring (bicyclic) bond motifs is 3. The standard InChI is InChI=1S/C21H25.C17H18.C5H5.2ClH.Zr/c1-20(2,3)16-9-7-14-11-15-8-10-17(21(4,5)6)13-19(15)18(14)12-16;1-17(2,3)16-11-9-15(10-12-16)13-14-7-5-4-6-8-14;1-2-4-5-3-1;;;/h7,9-10,12-13H,11H2,1-6H3;4-12H,1-3H3;1-3H,4H2;2*1H;/q;;;;;+2/p-2. The Balaban J connectivity index is 0.00000240. The maximum absolute atomic E-state index is 2.72. The molecule has 0 saturated heterocycles. The van der Waals surface area contributed by atoms with Gasteiger partial charge in [0.25, 0.3) is 0 Å². The van der Waals surface area contributed by atoms with Gasteiger partial charge in [-0.3, -0.25) is 0 Å². The minimum absolute atomic E-state index is 0. The molecule has 0 bridgehead atoms. The SMILES string of the molecule is CC(C)(C)c1ccc(/[C](c2ccccc2)=[Zr+2](/[C]2=CC=CC2)[c]2cc(C(C)(C)C)cc3c2Cc2ccc(C(C)(C)C)cc2-3)cc1.[Cl-].[Cl-]. The van der Waals surface area contributed by atoms with Crippen LogP contribution in [0.15, 0.2) is 106 Å². The molecule has 6 rings (SSSR count). The fourth-order valence-electron chi connectivity index (χ4n) is 6.70. The van der Waals surface area contributed by atoms with Gasteiger partial charge in [-0.25, -0.2) is 0 Å². The van der Waals surface area contributed by atoms with Crippen LogP contribution in [0.5, 0.6) is 0 Å². The smallest absolute Gasteiger partial charge is 1.00 e. The summed E-state index contributed by atoms with van der Waals surface area (Å²) in [6.45, 7) is 21.1. The summed E-state index contributed by atoms with van der Waals surface area (Å²) in [5.41, 5.74) is 13.4. The fraction of sp³-hybridized carbons (Fsp3) is 0.326. The minimum Gasteiger partial charge on any atom is -1.00 e. The van der Waals surface area contributed by atoms with E-state index in [0.717, 1.165) is 12.8 Å². The van der Waals surface area contributed by atoms with Gasteiger partial charge in [0, 0.05) is 0 Å². The zero-order valence-electron chi connectivity index (χ0n) is 29.0. The van der Waals surface area contributed by atoms with Crippen molar-refractivity contribution in [3.05, 3.63) is 145 Å². The Labute approximate surface area is 298 Å². The second-order valence-corrected chi connectivity index (χ2v) is 21.8. The van der Waals surface area contributed by atoms with Gasteiger partial charge < -0.3 is 24.8 Å². The van der Waals surface area contributed by atoms with Crippen LogP contribution < -0.4 is 28.1 Å². The first-order valence-corrected chi connectivity index (χ1v) is 20.0. The van der Waals surface area contributed by atoms with E-state index in [-0.39, 0.29) is 41.1 Å². The summed E-state index contributed by atoms with van der Waals surface area (Å²) in [6, 6.07) is 33.4. The molecule has 0 radical (unpaired) electrons. The molecule has 0 amide bonds. The van der Waals surface area contributed by atoms with Gasteiger partial charge >= 0.3 is 276 Å². The zero-order chi connectivity index (χ0) is 31.4. The van der Waals surface area contributed by atoms with Crippen LogP contribution in [0.1, 0.15) is 108 Å². The van der Waals surface area contributed by atoms with E-state index in [4.69, 9.17) is 0 Å². The molecule has 0 unspecified atom stereocenters. The molecule has 4 aromatic carbocycles. The number of hydrogen-bond acceptors (Lipinski definition) is 0. The first-order chi connectivity index (χ1) is 20.7. The van der Waals surface area contributed by atoms with E-state index < -0.39 is 21.3 Å². The van der Waals surface area contributed by atoms with E-state index in [1.165, 1.54) is 44.5 Å². The average Bonchev–Trinajstić information content (AvgIpc) is 3.63. The normalized spacial score (nSPS) is 14.1. The van der Waals surface area contributed by atoms with Gasteiger partial charge in [0.05, 0.1) is 0 Å². The summed E-state index contributed by atoms with van der Waals surface area (Å²) in [6.07, 6.45) is 9.25. The Morgan fingerprint density at radius 2 is 1.15 bits per heavy atom. The fourth-order valence-corrected chi connectivity index (χ4v) is 14.7. The second kappa shape index (κ2) is 13.7. The minimum atomic E-state index is -2.72. The Morgan fingerprint density at radius 3 is 1.72 bits per heavy atom. The van der Waals surface area contributed by atoms with Gasteiger partial charge in [-0.05, 0) is 0 Å². The van der Waals surface area contributed by atoms with Crippen molar-refractivity contribution >= 4 is 6.48 Å². The zero-order valence-corrected chi connectivity index (χ0v) is 33.0. The second-order valence-electron chi connectivity index (χ2n) is 15.9. The molecule has 238 valence electrons. The molecule has 0 N–H and O–H groups in total. The number of rotatable bonds is 4. The summed E-state index contributed by atoms with van der Waals surface area (Å²) in [7, 11) is 0. The van der Waals surface area contributed by atoms with E-state index in [2.05, 4.69) is 165 Å². The van der Waals surface area contributed by atoms with Crippen LogP contribution in [0.2, 0.25) is 0 Å². The number of benzene rings is 4. The molecular weight excluding hydrogens is 679 g/mol. The molecule has 0 aliphatic heterocycles. The Kier molecular flexibility index (Phi) is 10.9. The van der Waals surface area contributed by atoms with Crippen LogP contribution in [-0.2, 0) is 43.9 Å². The molecule has 2 aliphatic rings. The van der Waals surface area contributed by atoms with Crippen molar-refractivity contribution in [1.82, 2.24) is 0 Å². The molecule has 0 nitrogen and oxygen atoms in total. The monoisotopic (exact) mass is 724 g/mol. The first-order valence-electron chi connectivity index (χ1n) is 16.3. The Bertz CT molecular complexity index is 1820. The summed E-state index contributed by atoms with van der Waals surface area (Å²) < 4.78 is 4.94. The van der Waals surface area contributed by atoms with E-state index in [9.17, 15) is 0 Å². The summed E-state index contributed by atoms with van der Waals surface area (Å²) >= 11 is -2.72. The molecule has 0 fully saturated rings. The number of hydrogen-bond donors (Lipinski definition) is 0. The van der Waals surface area contributed by atoms with Crippen LogP contribution in [-0.4, -0.2) is 3.21 Å². The predicted molar refractivity (Wildman–Crippen MR) is 188 cm³/mol. The third-order valence-corrected chi connectivity index (χ3v) is 17.0. The molecule has 0 spiro atoms. The summed E-state index contributed by atoms with van der Waals surface area (Å²) in [4.78, 5) is 0. The van der Waals surface area contributed by atoms with Gasteiger partial charge in [-0.2, -0.15) is 0 Å². The molecule has 2 aliphatic carbocycles. The third-order valence-electron chi connectivity index (χ3n) is 9.46. The van der Waals surface area contributed by atoms with Gasteiger partial charge in [-0.1, -0.05) is 0 Å². The third kappa shape index (κ3) is 7.23. The van der Waals surface area contributed by atoms with Crippen molar-refractivity contribution in [1.29, 1.82) is 0 Å². The van der Waals surface area contributed by atoms with Crippen LogP contribution in [0.25, 0.3) is 11.1 Å². The van der Waals surface area contributed by atoms with Crippen LogP contribution in [0.3, 0.4) is 0 Å². The number of allylic oxidation sites excluding steroid dienone is 4. The molecule has 3 heteroatoms. The van der Waals surface area contributed by atoms with Crippen LogP contribution in [0.4, 0.5) is 0 Å². The maximum Gasteiger partial charge on any atom is -1.00 e. The van der Waals surface area contributed by atoms with Crippen LogP contribution >= 0.6 is 0 Å². The van der Waals surface area contributed by atoms with Crippen molar-refractivity contribution in [2.24, 2.45) is 0 Å². The molecule has 0 saturated carbocycles. The van der Waals surface area contributed by atoms with Gasteiger partial charge in [0.15, 0.2) is 0 Å². The van der Waals surface area contributed by atoms with Gasteiger partial charge in [-0.15, -0.1) is 0 Å². The topological polar surface area (TPSA) is 0 Å². The molecule has 4 aromatic rings. The van der Waals surface area contributed by atoms with E-state index >= 15 is 0 Å². The van der Waals surface area contributed by atoms with Crippen LogP contribution in [0, 0.1) is 0 Å². The van der Waals surface area contributed by atoms with E-state index in [0.29, 0.717) is 0 Å². The van der Waals surface area contributed by atoms with Crippen molar-refractivity contribution < 1.29 is 46.1 Å². The van der Waals surface area contributed by atoms with Gasteiger partial charge in [0.2, 0.25) is 0 Å². The molecule has 0 atom stereocenters. The Hall–Kier alpha value is -2.31. The van der Waals surface area contributed by atoms with Crippen molar-refractivity contribution in [3.63, 3.8) is 0 Å². The molecule has 0 heterocycles. The Morgan fingerprint density at radius 1 is 0.587 bits per heavy atom. The first kappa shape index (κ1) is 36.5. The molecule has 0 aromatic heterocycles. The molecular formula is C43H48Cl2Zr. The van der Waals surface area contributed by atoms with Crippen molar-refractivity contribution in [2.75, 3.05) is 0 Å². The quantitative estimate of drug-likeness (QED) is 0.256. The number of halogens is 2. The van der Waals surface area contributed by atoms with Gasteiger partial charge in [0.1, 0.15) is 0 Å². The molecule has 46 heavy (non-hydrogen) atoms. The summed E-state index contributed by atoms with van der Waals surface area (Å²) in [5.74, 6) is 0. The predicted octanol–water partition coefficient (Wildman–Crippen LogP) is 4.51.